The first-order valence-electron chi connectivity index (χ1n) is 6.24. The summed E-state index contributed by atoms with van der Waals surface area (Å²) >= 11 is 0. The molecular formula is C15H23N2O+. The van der Waals surface area contributed by atoms with Crippen LogP contribution < -0.4 is 5.73 Å². The van der Waals surface area contributed by atoms with Gasteiger partial charge in [0.2, 0.25) is 11.4 Å². The van der Waals surface area contributed by atoms with E-state index in [4.69, 9.17) is 5.73 Å². The minimum Gasteiger partial charge on any atom is -0.301 e. The fourth-order valence-electron chi connectivity index (χ4n) is 2.37. The summed E-state index contributed by atoms with van der Waals surface area (Å²) in [5, 5.41) is 0. The van der Waals surface area contributed by atoms with Gasteiger partial charge in [0.1, 0.15) is 0 Å². The Balaban J connectivity index is 3.36. The van der Waals surface area contributed by atoms with Crippen molar-refractivity contribution in [1.82, 2.24) is 0 Å². The highest BCUT2D eigenvalue weighted by molar-refractivity contribution is 5.96. The lowest BCUT2D eigenvalue weighted by Crippen LogP contribution is -2.67. The van der Waals surface area contributed by atoms with E-state index in [-0.39, 0.29) is 5.78 Å². The van der Waals surface area contributed by atoms with E-state index in [9.17, 15) is 4.79 Å². The zero-order valence-corrected chi connectivity index (χ0v) is 11.5. The molecule has 3 nitrogen and oxygen atoms in total. The maximum absolute atomic E-state index is 12.3. The summed E-state index contributed by atoms with van der Waals surface area (Å²) < 4.78 is 0.415. The second kappa shape index (κ2) is 5.46. The van der Waals surface area contributed by atoms with Crippen molar-refractivity contribution in [2.75, 3.05) is 20.6 Å². The van der Waals surface area contributed by atoms with Gasteiger partial charge in [-0.05, 0) is 12.5 Å². The predicted molar refractivity (Wildman–Crippen MR) is 74.8 cm³/mol. The lowest BCUT2D eigenvalue weighted by Gasteiger charge is -2.44. The smallest absolute Gasteiger partial charge is 0.240 e. The molecule has 0 amide bonds. The zero-order chi connectivity index (χ0) is 13.8. The van der Waals surface area contributed by atoms with Crippen LogP contribution in [0.3, 0.4) is 0 Å². The van der Waals surface area contributed by atoms with Crippen LogP contribution in [0.1, 0.15) is 18.9 Å². The fraction of sp³-hybridized carbons (Fsp3) is 0.400. The quantitative estimate of drug-likeness (QED) is 0.475. The van der Waals surface area contributed by atoms with Gasteiger partial charge in [0.15, 0.2) is 0 Å². The van der Waals surface area contributed by atoms with E-state index >= 15 is 0 Å². The molecule has 3 heteroatoms. The molecule has 1 aromatic carbocycles. The number of nitrogens with two attached hydrogens (primary N) is 1. The topological polar surface area (TPSA) is 43.1 Å². The van der Waals surface area contributed by atoms with Crippen LogP contribution in [0.5, 0.6) is 0 Å². The molecule has 0 saturated carbocycles. The van der Waals surface area contributed by atoms with Crippen molar-refractivity contribution in [3.63, 3.8) is 0 Å². The van der Waals surface area contributed by atoms with Gasteiger partial charge in [0.05, 0.1) is 20.6 Å². The molecule has 1 rings (SSSR count). The molecule has 1 aromatic rings. The number of nitrogens with zero attached hydrogens (tertiary/aromatic N) is 1. The molecule has 1 atom stereocenters. The highest BCUT2D eigenvalue weighted by Crippen LogP contribution is 2.29. The van der Waals surface area contributed by atoms with Crippen molar-refractivity contribution in [2.45, 2.75) is 19.0 Å². The van der Waals surface area contributed by atoms with Gasteiger partial charge in [-0.3, -0.25) is 10.5 Å². The monoisotopic (exact) mass is 247 g/mol. The largest absolute Gasteiger partial charge is 0.301 e. The number of likely N-dealkylation sites (N-methyl/N-ethyl adjacent to an activating group) is 1. The minimum absolute atomic E-state index is 0.146. The van der Waals surface area contributed by atoms with E-state index in [1.54, 1.807) is 0 Å². The maximum atomic E-state index is 12.3. The van der Waals surface area contributed by atoms with E-state index in [2.05, 4.69) is 13.5 Å². The average Bonchev–Trinajstić information content (AvgIpc) is 2.37. The summed E-state index contributed by atoms with van der Waals surface area (Å²) in [5.41, 5.74) is 6.25. The van der Waals surface area contributed by atoms with E-state index in [0.717, 1.165) is 18.5 Å². The zero-order valence-electron chi connectivity index (χ0n) is 11.5. The molecule has 0 radical (unpaired) electrons. The summed E-state index contributed by atoms with van der Waals surface area (Å²) in [6, 6.07) is 9.52. The number of carbonyl (C=O) groups is 1. The Labute approximate surface area is 109 Å². The first kappa shape index (κ1) is 14.6. The van der Waals surface area contributed by atoms with E-state index in [1.165, 1.54) is 6.08 Å². The highest BCUT2D eigenvalue weighted by atomic mass is 16.1. The summed E-state index contributed by atoms with van der Waals surface area (Å²) in [6.07, 6.45) is 2.28. The van der Waals surface area contributed by atoms with Crippen LogP contribution in [0, 0.1) is 0 Å². The van der Waals surface area contributed by atoms with Gasteiger partial charge in [-0.25, -0.2) is 0 Å². The molecule has 1 unspecified atom stereocenters. The minimum atomic E-state index is -1.07. The third-order valence-electron chi connectivity index (χ3n) is 3.51. The maximum Gasteiger partial charge on any atom is 0.240 e. The molecule has 0 aromatic heterocycles. The molecule has 2 N–H and O–H groups in total. The van der Waals surface area contributed by atoms with E-state index in [0.29, 0.717) is 4.48 Å². The average molecular weight is 247 g/mol. The van der Waals surface area contributed by atoms with Crippen LogP contribution in [0.4, 0.5) is 0 Å². The van der Waals surface area contributed by atoms with Gasteiger partial charge in [-0.1, -0.05) is 43.8 Å². The Morgan fingerprint density at radius 1 is 1.39 bits per heavy atom. The molecule has 0 aliphatic carbocycles. The molecular weight excluding hydrogens is 224 g/mol. The van der Waals surface area contributed by atoms with Crippen molar-refractivity contribution in [2.24, 2.45) is 5.73 Å². The molecule has 0 saturated heterocycles. The van der Waals surface area contributed by atoms with Gasteiger partial charge in [0.25, 0.3) is 0 Å². The van der Waals surface area contributed by atoms with Crippen LogP contribution in [-0.2, 0) is 10.5 Å². The number of quaternary nitrogens is 1. The van der Waals surface area contributed by atoms with Crippen molar-refractivity contribution in [3.05, 3.63) is 48.6 Å². The van der Waals surface area contributed by atoms with Crippen LogP contribution in [0.15, 0.2) is 43.0 Å². The molecule has 98 valence electrons. The Bertz CT molecular complexity index is 425. The van der Waals surface area contributed by atoms with Gasteiger partial charge < -0.3 is 4.48 Å². The summed E-state index contributed by atoms with van der Waals surface area (Å²) in [7, 11) is 3.97. The predicted octanol–water partition coefficient (Wildman–Crippen LogP) is 2.04. The lowest BCUT2D eigenvalue weighted by atomic mass is 9.91. The highest BCUT2D eigenvalue weighted by Gasteiger charge is 2.48. The SMILES string of the molecule is C=CC(=O)C(N)(c1ccccc1)[N+](C)(C)CCC. The second-order valence-electron chi connectivity index (χ2n) is 5.11. The third kappa shape index (κ3) is 2.37. The molecule has 0 heterocycles. The van der Waals surface area contributed by atoms with Gasteiger partial charge in [-0.15, -0.1) is 0 Å². The number of benzene rings is 1. The number of rotatable bonds is 6. The molecule has 0 aliphatic rings. The van der Waals surface area contributed by atoms with Gasteiger partial charge in [-0.2, -0.15) is 0 Å². The number of hydrogen-bond acceptors (Lipinski definition) is 2. The van der Waals surface area contributed by atoms with Crippen LogP contribution in [-0.4, -0.2) is 30.9 Å². The molecule has 0 spiro atoms. The molecule has 18 heavy (non-hydrogen) atoms. The summed E-state index contributed by atoms with van der Waals surface area (Å²) in [5.74, 6) is -0.146. The van der Waals surface area contributed by atoms with Crippen molar-refractivity contribution >= 4 is 5.78 Å². The summed E-state index contributed by atoms with van der Waals surface area (Å²) in [4.78, 5) is 12.3. The van der Waals surface area contributed by atoms with Crippen LogP contribution >= 0.6 is 0 Å². The summed E-state index contributed by atoms with van der Waals surface area (Å²) in [6.45, 7) is 6.50. The number of carbonyl (C=O) groups excluding carboxylic acids is 1. The molecule has 0 bridgehead atoms. The Morgan fingerprint density at radius 3 is 2.39 bits per heavy atom. The Morgan fingerprint density at radius 2 is 1.94 bits per heavy atom. The number of ketones is 1. The van der Waals surface area contributed by atoms with Crippen molar-refractivity contribution in [1.29, 1.82) is 0 Å². The van der Waals surface area contributed by atoms with E-state index < -0.39 is 5.66 Å². The first-order chi connectivity index (χ1) is 8.40. The second-order valence-corrected chi connectivity index (χ2v) is 5.11. The molecule has 0 aliphatic heterocycles. The fourth-order valence-corrected chi connectivity index (χ4v) is 2.37. The van der Waals surface area contributed by atoms with Crippen LogP contribution in [0.25, 0.3) is 0 Å². The lowest BCUT2D eigenvalue weighted by molar-refractivity contribution is -0.938. The van der Waals surface area contributed by atoms with Crippen molar-refractivity contribution < 1.29 is 9.28 Å². The van der Waals surface area contributed by atoms with Crippen LogP contribution in [0.2, 0.25) is 0 Å². The van der Waals surface area contributed by atoms with Gasteiger partial charge >= 0.3 is 0 Å². The number of hydrogen-bond donors (Lipinski definition) is 1. The van der Waals surface area contributed by atoms with Gasteiger partial charge in [0, 0.05) is 5.56 Å². The third-order valence-corrected chi connectivity index (χ3v) is 3.51. The Kier molecular flexibility index (Phi) is 4.43. The Hall–Kier alpha value is -1.45. The normalized spacial score (nSPS) is 14.9. The standard InChI is InChI=1S/C15H23N2O/c1-5-12-17(3,4)15(16,14(18)6-2)13-10-8-7-9-11-13/h6-11H,2,5,12,16H2,1,3-4H3/q+1. The first-order valence-corrected chi connectivity index (χ1v) is 6.24. The van der Waals surface area contributed by atoms with E-state index in [1.807, 2.05) is 44.4 Å². The molecule has 0 fully saturated rings. The van der Waals surface area contributed by atoms with Crippen molar-refractivity contribution in [3.8, 4) is 0 Å².